The molecule has 0 bridgehead atoms. The van der Waals surface area contributed by atoms with Crippen LogP contribution in [0.15, 0.2) is 42.6 Å². The molecule has 1 aromatic carbocycles. The van der Waals surface area contributed by atoms with Crippen LogP contribution in [0.25, 0.3) is 11.1 Å². The van der Waals surface area contributed by atoms with Crippen molar-refractivity contribution in [3.8, 4) is 11.1 Å². The molecule has 3 nitrogen and oxygen atoms in total. The van der Waals surface area contributed by atoms with Gasteiger partial charge in [-0.05, 0) is 23.3 Å². The molecule has 0 saturated carbocycles. The number of carbonyl (C=O) groups is 1. The van der Waals surface area contributed by atoms with Gasteiger partial charge >= 0.3 is 0 Å². The van der Waals surface area contributed by atoms with Crippen molar-refractivity contribution in [2.45, 2.75) is 6.42 Å². The van der Waals surface area contributed by atoms with Gasteiger partial charge in [-0.2, -0.15) is 0 Å². The summed E-state index contributed by atoms with van der Waals surface area (Å²) in [6.45, 7) is 0. The molecule has 3 rings (SSSR count). The quantitative estimate of drug-likeness (QED) is 0.724. The maximum atomic E-state index is 11.7. The molecular weight excluding hydrogens is 200 g/mol. The summed E-state index contributed by atoms with van der Waals surface area (Å²) in [6, 6.07) is 11.8. The highest BCUT2D eigenvalue weighted by atomic mass is 16.1. The highest BCUT2D eigenvalue weighted by molar-refractivity contribution is 5.99. The van der Waals surface area contributed by atoms with Gasteiger partial charge in [-0.25, -0.2) is 4.98 Å². The van der Waals surface area contributed by atoms with Gasteiger partial charge in [-0.1, -0.05) is 24.3 Å². The second-order valence-electron chi connectivity index (χ2n) is 3.78. The van der Waals surface area contributed by atoms with Crippen molar-refractivity contribution < 1.29 is 4.79 Å². The Morgan fingerprint density at radius 3 is 2.81 bits per heavy atom. The molecule has 1 aliphatic heterocycles. The Bertz CT molecular complexity index is 514. The lowest BCUT2D eigenvalue weighted by Gasteiger charge is -2.06. The molecule has 0 saturated heterocycles. The molecule has 3 heteroatoms. The smallest absolute Gasteiger partial charge is 0.229 e. The van der Waals surface area contributed by atoms with Crippen LogP contribution >= 0.6 is 0 Å². The van der Waals surface area contributed by atoms with E-state index in [0.717, 1.165) is 16.7 Å². The molecule has 0 radical (unpaired) electrons. The zero-order valence-electron chi connectivity index (χ0n) is 8.60. The fraction of sp³-hybridized carbons (Fsp3) is 0.0769. The molecule has 2 aromatic rings. The van der Waals surface area contributed by atoms with Gasteiger partial charge in [0.05, 0.1) is 6.42 Å². The van der Waals surface area contributed by atoms with Crippen molar-refractivity contribution in [1.82, 2.24) is 4.98 Å². The van der Waals surface area contributed by atoms with Gasteiger partial charge in [0.15, 0.2) is 0 Å². The summed E-state index contributed by atoms with van der Waals surface area (Å²) in [5, 5.41) is 2.82. The number of nitrogens with one attached hydrogen (secondary N) is 1. The minimum atomic E-state index is -0.00935. The summed E-state index contributed by atoms with van der Waals surface area (Å²) in [4.78, 5) is 15.9. The lowest BCUT2D eigenvalue weighted by Crippen LogP contribution is -2.13. The summed E-state index contributed by atoms with van der Waals surface area (Å²) in [5.41, 5.74) is 3.12. The average Bonchev–Trinajstić information content (AvgIpc) is 2.44. The fourth-order valence-electron chi connectivity index (χ4n) is 2.01. The van der Waals surface area contributed by atoms with Crippen LogP contribution in [-0.4, -0.2) is 10.9 Å². The number of benzene rings is 1. The number of fused-ring (bicyclic) bond motifs is 3. The Hall–Kier alpha value is -2.16. The zero-order valence-corrected chi connectivity index (χ0v) is 8.60. The Morgan fingerprint density at radius 2 is 1.88 bits per heavy atom. The van der Waals surface area contributed by atoms with Gasteiger partial charge in [0.25, 0.3) is 0 Å². The molecule has 16 heavy (non-hydrogen) atoms. The number of hydrogen-bond acceptors (Lipinski definition) is 2. The average molecular weight is 210 g/mol. The van der Waals surface area contributed by atoms with E-state index in [1.807, 2.05) is 36.4 Å². The van der Waals surface area contributed by atoms with E-state index in [9.17, 15) is 4.79 Å². The highest BCUT2D eigenvalue weighted by Gasteiger charge is 2.18. The normalized spacial score (nSPS) is 13.4. The van der Waals surface area contributed by atoms with Gasteiger partial charge in [-0.15, -0.1) is 0 Å². The third-order valence-corrected chi connectivity index (χ3v) is 2.72. The number of anilines is 1. The van der Waals surface area contributed by atoms with Crippen LogP contribution in [0, 0.1) is 0 Å². The number of aromatic nitrogens is 1. The molecule has 0 aliphatic carbocycles. The first kappa shape index (κ1) is 9.09. The number of carbonyl (C=O) groups excluding carboxylic acids is 1. The molecule has 2 heterocycles. The van der Waals surface area contributed by atoms with Crippen molar-refractivity contribution in [3.63, 3.8) is 0 Å². The SMILES string of the molecule is O=C1Cc2ccccc2-c2cccnc2N1. The van der Waals surface area contributed by atoms with Crippen molar-refractivity contribution >= 4 is 11.7 Å². The van der Waals surface area contributed by atoms with E-state index in [0.29, 0.717) is 12.2 Å². The van der Waals surface area contributed by atoms with E-state index in [4.69, 9.17) is 0 Å². The first-order valence-electron chi connectivity index (χ1n) is 5.18. The van der Waals surface area contributed by atoms with Gasteiger partial charge in [-0.3, -0.25) is 4.79 Å². The van der Waals surface area contributed by atoms with E-state index >= 15 is 0 Å². The topological polar surface area (TPSA) is 42.0 Å². The molecule has 0 spiro atoms. The zero-order chi connectivity index (χ0) is 11.0. The van der Waals surface area contributed by atoms with Gasteiger partial charge in [0, 0.05) is 11.8 Å². The van der Waals surface area contributed by atoms with E-state index in [1.54, 1.807) is 6.20 Å². The highest BCUT2D eigenvalue weighted by Crippen LogP contribution is 2.31. The van der Waals surface area contributed by atoms with E-state index in [1.165, 1.54) is 0 Å². The molecule has 1 amide bonds. The molecule has 78 valence electrons. The summed E-state index contributed by atoms with van der Waals surface area (Å²) in [5.74, 6) is 0.641. The maximum absolute atomic E-state index is 11.7. The summed E-state index contributed by atoms with van der Waals surface area (Å²) >= 11 is 0. The van der Waals surface area contributed by atoms with Crippen LogP contribution < -0.4 is 5.32 Å². The Labute approximate surface area is 93.1 Å². The summed E-state index contributed by atoms with van der Waals surface area (Å²) < 4.78 is 0. The predicted octanol–water partition coefficient (Wildman–Crippen LogP) is 2.24. The largest absolute Gasteiger partial charge is 0.310 e. The fourth-order valence-corrected chi connectivity index (χ4v) is 2.01. The van der Waals surface area contributed by atoms with Gasteiger partial charge in [0.1, 0.15) is 5.82 Å². The summed E-state index contributed by atoms with van der Waals surface area (Å²) in [6.07, 6.45) is 2.10. The minimum Gasteiger partial charge on any atom is -0.310 e. The molecular formula is C13H10N2O. The monoisotopic (exact) mass is 210 g/mol. The second kappa shape index (κ2) is 3.45. The van der Waals surface area contributed by atoms with Crippen LogP contribution in [0.5, 0.6) is 0 Å². The Morgan fingerprint density at radius 1 is 1.06 bits per heavy atom. The maximum Gasteiger partial charge on any atom is 0.229 e. The third kappa shape index (κ3) is 1.37. The van der Waals surface area contributed by atoms with Crippen molar-refractivity contribution in [1.29, 1.82) is 0 Å². The molecule has 0 unspecified atom stereocenters. The third-order valence-electron chi connectivity index (χ3n) is 2.72. The Balaban J connectivity index is 2.30. The Kier molecular flexibility index (Phi) is 1.96. The molecule has 1 N–H and O–H groups in total. The number of pyridine rings is 1. The van der Waals surface area contributed by atoms with Crippen LogP contribution in [0.4, 0.5) is 5.82 Å². The standard InChI is InChI=1S/C13H10N2O/c16-12-8-9-4-1-2-5-10(9)11-6-3-7-14-13(11)15-12/h1-7H,8H2,(H,14,15,16). The van der Waals surface area contributed by atoms with Crippen molar-refractivity contribution in [3.05, 3.63) is 48.2 Å². The van der Waals surface area contributed by atoms with Crippen molar-refractivity contribution in [2.24, 2.45) is 0 Å². The lowest BCUT2D eigenvalue weighted by atomic mass is 9.99. The molecule has 0 fully saturated rings. The number of nitrogens with zero attached hydrogens (tertiary/aromatic N) is 1. The first-order valence-corrected chi connectivity index (χ1v) is 5.18. The number of rotatable bonds is 0. The van der Waals surface area contributed by atoms with Gasteiger partial charge in [0.2, 0.25) is 5.91 Å². The van der Waals surface area contributed by atoms with E-state index < -0.39 is 0 Å². The van der Waals surface area contributed by atoms with E-state index in [2.05, 4.69) is 10.3 Å². The number of hydrogen-bond donors (Lipinski definition) is 1. The van der Waals surface area contributed by atoms with Crippen molar-refractivity contribution in [2.75, 3.05) is 5.32 Å². The molecule has 0 atom stereocenters. The second-order valence-corrected chi connectivity index (χ2v) is 3.78. The lowest BCUT2D eigenvalue weighted by molar-refractivity contribution is -0.115. The predicted molar refractivity (Wildman–Crippen MR) is 62.0 cm³/mol. The van der Waals surface area contributed by atoms with E-state index in [-0.39, 0.29) is 5.91 Å². The van der Waals surface area contributed by atoms with Crippen LogP contribution in [0.2, 0.25) is 0 Å². The first-order chi connectivity index (χ1) is 7.84. The molecule has 1 aliphatic rings. The molecule has 1 aromatic heterocycles. The minimum absolute atomic E-state index is 0.00935. The summed E-state index contributed by atoms with van der Waals surface area (Å²) in [7, 11) is 0. The number of amides is 1. The van der Waals surface area contributed by atoms with Crippen LogP contribution in [0.3, 0.4) is 0 Å². The van der Waals surface area contributed by atoms with Gasteiger partial charge < -0.3 is 5.32 Å². The van der Waals surface area contributed by atoms with Crippen LogP contribution in [0.1, 0.15) is 5.56 Å². The van der Waals surface area contributed by atoms with Crippen LogP contribution in [-0.2, 0) is 11.2 Å².